The minimum Gasteiger partial charge on any atom is -0.292 e. The fourth-order valence-corrected chi connectivity index (χ4v) is 1.49. The van der Waals surface area contributed by atoms with Gasteiger partial charge in [0.2, 0.25) is 18.4 Å². The van der Waals surface area contributed by atoms with Crippen molar-refractivity contribution < 1.29 is 19.3 Å². The molecule has 1 rings (SSSR count). The topological polar surface area (TPSA) is 94.3 Å². The van der Waals surface area contributed by atoms with Crippen LogP contribution in [-0.4, -0.2) is 29.3 Å². The van der Waals surface area contributed by atoms with Crippen LogP contribution in [0.15, 0.2) is 0 Å². The lowest BCUT2D eigenvalue weighted by Gasteiger charge is -2.22. The Labute approximate surface area is 79.4 Å². The van der Waals surface area contributed by atoms with Gasteiger partial charge in [-0.25, -0.2) is 0 Å². The Morgan fingerprint density at radius 3 is 2.29 bits per heavy atom. The molecule has 0 bridgehead atoms. The molecule has 0 spiro atoms. The van der Waals surface area contributed by atoms with Gasteiger partial charge in [0.1, 0.15) is 0 Å². The predicted molar refractivity (Wildman–Crippen MR) is 43.4 cm³/mol. The normalized spacial score (nSPS) is 32.3. The molecule has 3 unspecified atom stereocenters. The summed E-state index contributed by atoms with van der Waals surface area (Å²) in [5, 5.41) is 10.4. The molecule has 1 fully saturated rings. The van der Waals surface area contributed by atoms with Gasteiger partial charge in [-0.05, 0) is 0 Å². The van der Waals surface area contributed by atoms with Crippen LogP contribution in [0.1, 0.15) is 12.8 Å². The minimum atomic E-state index is -1.37. The van der Waals surface area contributed by atoms with E-state index >= 15 is 0 Å². The molecule has 74 valence electrons. The summed E-state index contributed by atoms with van der Waals surface area (Å²) in [6.45, 7) is 0. The predicted octanol–water partition coefficient (Wildman–Crippen LogP) is -0.554. The summed E-state index contributed by atoms with van der Waals surface area (Å²) >= 11 is 0. The summed E-state index contributed by atoms with van der Waals surface area (Å²) in [4.78, 5) is 41.5. The molecule has 6 nitrogen and oxygen atoms in total. The first-order valence-corrected chi connectivity index (χ1v) is 4.01. The zero-order chi connectivity index (χ0) is 10.7. The highest BCUT2D eigenvalue weighted by atomic mass is 16.6. The lowest BCUT2D eigenvalue weighted by atomic mass is 9.78. The maximum Gasteiger partial charge on any atom is 0.271 e. The molecule has 0 N–H and O–H groups in total. The molecule has 14 heavy (non-hydrogen) atoms. The number of carbonyl (C=O) groups is 1. The van der Waals surface area contributed by atoms with Gasteiger partial charge in [-0.1, -0.05) is 0 Å². The first-order valence-electron chi connectivity index (χ1n) is 4.01. The number of nitro groups is 1. The van der Waals surface area contributed by atoms with Crippen molar-refractivity contribution >= 4 is 18.4 Å². The van der Waals surface area contributed by atoms with Gasteiger partial charge in [0, 0.05) is 29.6 Å². The number of carbonyl (C=O) groups excluding carboxylic acids is 3. The third-order valence-corrected chi connectivity index (χ3v) is 2.31. The number of rotatable bonds is 3. The van der Waals surface area contributed by atoms with Crippen LogP contribution in [0.25, 0.3) is 0 Å². The molecule has 6 heteroatoms. The van der Waals surface area contributed by atoms with E-state index in [0.717, 1.165) is 0 Å². The smallest absolute Gasteiger partial charge is 0.271 e. The van der Waals surface area contributed by atoms with Crippen LogP contribution in [0.2, 0.25) is 0 Å². The average Bonchev–Trinajstić information content (AvgIpc) is 2.16. The highest BCUT2D eigenvalue weighted by molar-refractivity contribution is 5.88. The number of hydrogen-bond donors (Lipinski definition) is 0. The molecule has 1 aliphatic carbocycles. The van der Waals surface area contributed by atoms with E-state index in [1.807, 2.05) is 0 Å². The maximum absolute atomic E-state index is 11.1. The standard InChI is InChI=1S/C8H7NO5/c10-3-5-1-7(9(13)14)8(12)2-6(5)4-11/h5-7H,1-2H2. The van der Waals surface area contributed by atoms with E-state index in [9.17, 15) is 24.5 Å². The summed E-state index contributed by atoms with van der Waals surface area (Å²) in [6, 6.07) is -1.37. The van der Waals surface area contributed by atoms with Crippen molar-refractivity contribution in [2.75, 3.05) is 0 Å². The number of Topliss-reactive ketones (excluding diaryl/α,β-unsaturated/α-hetero) is 1. The second kappa shape index (κ2) is 4.08. The SMILES string of the molecule is O=[C]C1CC(=O)C([N+](=O)[O-])CC1[C]=O. The number of ketones is 1. The van der Waals surface area contributed by atoms with E-state index in [1.54, 1.807) is 6.29 Å². The Hall–Kier alpha value is -1.59. The molecule has 2 radical (unpaired) electrons. The molecular weight excluding hydrogens is 190 g/mol. The summed E-state index contributed by atoms with van der Waals surface area (Å²) in [6.07, 6.45) is 2.56. The number of hydrogen-bond acceptors (Lipinski definition) is 5. The second-order valence-electron chi connectivity index (χ2n) is 3.16. The molecule has 3 atom stereocenters. The Morgan fingerprint density at radius 1 is 1.29 bits per heavy atom. The Balaban J connectivity index is 2.81. The van der Waals surface area contributed by atoms with Crippen LogP contribution in [0.4, 0.5) is 0 Å². The number of nitrogens with zero attached hydrogens (tertiary/aromatic N) is 1. The summed E-state index contributed by atoms with van der Waals surface area (Å²) < 4.78 is 0. The van der Waals surface area contributed by atoms with Gasteiger partial charge >= 0.3 is 0 Å². The van der Waals surface area contributed by atoms with Gasteiger partial charge < -0.3 is 0 Å². The largest absolute Gasteiger partial charge is 0.292 e. The molecule has 0 aromatic heterocycles. The van der Waals surface area contributed by atoms with Gasteiger partial charge in [0.25, 0.3) is 6.04 Å². The fraction of sp³-hybridized carbons (Fsp3) is 0.625. The minimum absolute atomic E-state index is 0.241. The van der Waals surface area contributed by atoms with Crippen LogP contribution in [0.5, 0.6) is 0 Å². The lowest BCUT2D eigenvalue weighted by molar-refractivity contribution is -0.510. The van der Waals surface area contributed by atoms with Crippen LogP contribution >= 0.6 is 0 Å². The van der Waals surface area contributed by atoms with Crippen LogP contribution in [0, 0.1) is 22.0 Å². The van der Waals surface area contributed by atoms with Gasteiger partial charge in [-0.2, -0.15) is 0 Å². The highest BCUT2D eigenvalue weighted by Gasteiger charge is 2.43. The van der Waals surface area contributed by atoms with Crippen molar-refractivity contribution in [2.45, 2.75) is 18.9 Å². The van der Waals surface area contributed by atoms with E-state index in [2.05, 4.69) is 0 Å². The van der Waals surface area contributed by atoms with Gasteiger partial charge in [-0.3, -0.25) is 24.5 Å². The molecule has 0 heterocycles. The summed E-state index contributed by atoms with van der Waals surface area (Å²) in [5.41, 5.74) is 0. The third-order valence-electron chi connectivity index (χ3n) is 2.31. The molecule has 1 aliphatic rings. The van der Waals surface area contributed by atoms with Crippen LogP contribution < -0.4 is 0 Å². The van der Waals surface area contributed by atoms with Gasteiger partial charge in [0.15, 0.2) is 0 Å². The third kappa shape index (κ3) is 1.84. The zero-order valence-corrected chi connectivity index (χ0v) is 7.13. The molecule has 0 aliphatic heterocycles. The average molecular weight is 197 g/mol. The van der Waals surface area contributed by atoms with Crippen molar-refractivity contribution in [1.82, 2.24) is 0 Å². The Kier molecular flexibility index (Phi) is 3.06. The molecule has 1 saturated carbocycles. The first-order chi connectivity index (χ1) is 6.60. The van der Waals surface area contributed by atoms with E-state index in [0.29, 0.717) is 0 Å². The Morgan fingerprint density at radius 2 is 1.86 bits per heavy atom. The van der Waals surface area contributed by atoms with E-state index in [4.69, 9.17) is 0 Å². The van der Waals surface area contributed by atoms with E-state index in [1.165, 1.54) is 6.29 Å². The van der Waals surface area contributed by atoms with Crippen molar-refractivity contribution in [3.63, 3.8) is 0 Å². The van der Waals surface area contributed by atoms with Crippen molar-refractivity contribution in [3.05, 3.63) is 10.1 Å². The highest BCUT2D eigenvalue weighted by Crippen LogP contribution is 2.26. The molecule has 0 saturated heterocycles. The molecule has 0 amide bonds. The van der Waals surface area contributed by atoms with Crippen molar-refractivity contribution in [2.24, 2.45) is 11.8 Å². The zero-order valence-electron chi connectivity index (χ0n) is 7.13. The van der Waals surface area contributed by atoms with Crippen LogP contribution in [0.3, 0.4) is 0 Å². The first kappa shape index (κ1) is 10.5. The monoisotopic (exact) mass is 197 g/mol. The quantitative estimate of drug-likeness (QED) is 0.446. The maximum atomic E-state index is 11.1. The van der Waals surface area contributed by atoms with E-state index < -0.39 is 28.6 Å². The van der Waals surface area contributed by atoms with Gasteiger partial charge in [-0.15, -0.1) is 0 Å². The molecular formula is C8H7NO5. The van der Waals surface area contributed by atoms with Gasteiger partial charge in [0.05, 0.1) is 0 Å². The van der Waals surface area contributed by atoms with Crippen LogP contribution in [-0.2, 0) is 14.4 Å². The summed E-state index contributed by atoms with van der Waals surface area (Å²) in [7, 11) is 0. The fourth-order valence-electron chi connectivity index (χ4n) is 1.49. The lowest BCUT2D eigenvalue weighted by Crippen LogP contribution is -2.41. The molecule has 0 aromatic rings. The van der Waals surface area contributed by atoms with Crippen molar-refractivity contribution in [1.29, 1.82) is 0 Å². The van der Waals surface area contributed by atoms with Crippen molar-refractivity contribution in [3.8, 4) is 0 Å². The molecule has 0 aromatic carbocycles. The van der Waals surface area contributed by atoms with E-state index in [-0.39, 0.29) is 12.8 Å². The Bertz CT molecular complexity index is 287. The second-order valence-corrected chi connectivity index (χ2v) is 3.16. The summed E-state index contributed by atoms with van der Waals surface area (Å²) in [5.74, 6) is -2.35.